The van der Waals surface area contributed by atoms with E-state index >= 15 is 0 Å². The Morgan fingerprint density at radius 2 is 2.00 bits per heavy atom. The van der Waals surface area contributed by atoms with Crippen molar-refractivity contribution in [1.82, 2.24) is 4.90 Å². The molecule has 1 fully saturated rings. The lowest BCUT2D eigenvalue weighted by Gasteiger charge is -2.29. The van der Waals surface area contributed by atoms with Crippen LogP contribution in [0, 0.1) is 0 Å². The number of halogens is 1. The van der Waals surface area contributed by atoms with Crippen LogP contribution >= 0.6 is 0 Å². The molecule has 0 aromatic rings. The summed E-state index contributed by atoms with van der Waals surface area (Å²) in [4.78, 5) is 2.09. The average Bonchev–Trinajstić information content (AvgIpc) is 2.14. The second-order valence-electron chi connectivity index (χ2n) is 3.51. The molecule has 1 aliphatic rings. The van der Waals surface area contributed by atoms with Gasteiger partial charge >= 0.3 is 10.2 Å². The topological polar surface area (TPSA) is 46.6 Å². The van der Waals surface area contributed by atoms with Crippen LogP contribution in [0.1, 0.15) is 12.8 Å². The van der Waals surface area contributed by atoms with Crippen LogP contribution in [0.3, 0.4) is 0 Å². The molecule has 0 aromatic heterocycles. The highest BCUT2D eigenvalue weighted by atomic mass is 32.3. The summed E-state index contributed by atoms with van der Waals surface area (Å²) in [5, 5.41) is -0.790. The number of likely N-dealkylation sites (tertiary alicyclic amines) is 1. The van der Waals surface area contributed by atoms with Gasteiger partial charge in [-0.1, -0.05) is 0 Å². The number of rotatable bonds is 4. The number of ether oxygens (including phenoxy) is 1. The molecule has 0 bridgehead atoms. The largest absolute Gasteiger partial charge is 0.383 e. The van der Waals surface area contributed by atoms with Gasteiger partial charge in [0.05, 0.1) is 11.9 Å². The van der Waals surface area contributed by atoms with E-state index in [0.717, 1.165) is 6.54 Å². The summed E-state index contributed by atoms with van der Waals surface area (Å²) in [6, 6.07) is 0. The number of hydrogen-bond donors (Lipinski definition) is 0. The molecule has 0 amide bonds. The molecule has 0 unspecified atom stereocenters. The fourth-order valence-corrected chi connectivity index (χ4v) is 2.41. The molecule has 6 heteroatoms. The van der Waals surface area contributed by atoms with Crippen molar-refractivity contribution in [1.29, 1.82) is 0 Å². The Balaban J connectivity index is 2.31. The zero-order chi connectivity index (χ0) is 10.6. The Morgan fingerprint density at radius 1 is 1.43 bits per heavy atom. The van der Waals surface area contributed by atoms with Gasteiger partial charge in [-0.05, 0) is 25.9 Å². The van der Waals surface area contributed by atoms with Crippen molar-refractivity contribution in [3.8, 4) is 0 Å². The number of piperidine rings is 1. The highest BCUT2D eigenvalue weighted by molar-refractivity contribution is 7.87. The molecule has 0 saturated carbocycles. The summed E-state index contributed by atoms with van der Waals surface area (Å²) in [6.07, 6.45) is 0.783. The minimum Gasteiger partial charge on any atom is -0.383 e. The third-order valence-corrected chi connectivity index (χ3v) is 3.81. The Bertz CT molecular complexity index is 260. The van der Waals surface area contributed by atoms with Crippen LogP contribution in [-0.4, -0.2) is 51.9 Å². The van der Waals surface area contributed by atoms with Gasteiger partial charge in [-0.3, -0.25) is 0 Å². The van der Waals surface area contributed by atoms with Gasteiger partial charge in [-0.15, -0.1) is 3.89 Å². The molecule has 0 N–H and O–H groups in total. The van der Waals surface area contributed by atoms with Crippen LogP contribution in [0.15, 0.2) is 0 Å². The highest BCUT2D eigenvalue weighted by Gasteiger charge is 2.29. The van der Waals surface area contributed by atoms with E-state index in [1.807, 2.05) is 0 Å². The predicted octanol–water partition coefficient (Wildman–Crippen LogP) is 0.397. The lowest BCUT2D eigenvalue weighted by Crippen LogP contribution is -2.39. The second kappa shape index (κ2) is 5.04. The van der Waals surface area contributed by atoms with Gasteiger partial charge in [0.15, 0.2) is 0 Å². The first-order valence-electron chi connectivity index (χ1n) is 4.69. The minimum absolute atomic E-state index is 0.391. The molecule has 4 nitrogen and oxygen atoms in total. The molecule has 1 heterocycles. The summed E-state index contributed by atoms with van der Waals surface area (Å²) in [7, 11) is -2.70. The summed E-state index contributed by atoms with van der Waals surface area (Å²) < 4.78 is 38.7. The number of nitrogens with zero attached hydrogens (tertiary/aromatic N) is 1. The maximum atomic E-state index is 12.6. The van der Waals surface area contributed by atoms with E-state index in [2.05, 4.69) is 4.90 Å². The first kappa shape index (κ1) is 11.9. The van der Waals surface area contributed by atoms with E-state index in [1.54, 1.807) is 7.11 Å². The van der Waals surface area contributed by atoms with E-state index in [-0.39, 0.29) is 0 Å². The highest BCUT2D eigenvalue weighted by Crippen LogP contribution is 2.18. The van der Waals surface area contributed by atoms with Gasteiger partial charge in [0, 0.05) is 13.7 Å². The monoisotopic (exact) mass is 225 g/mol. The molecule has 84 valence electrons. The third-order valence-electron chi connectivity index (χ3n) is 2.54. The van der Waals surface area contributed by atoms with Crippen LogP contribution in [0.2, 0.25) is 0 Å². The second-order valence-corrected chi connectivity index (χ2v) is 5.13. The Hall–Kier alpha value is -0.200. The van der Waals surface area contributed by atoms with E-state index < -0.39 is 15.5 Å². The summed E-state index contributed by atoms with van der Waals surface area (Å²) >= 11 is 0. The lowest BCUT2D eigenvalue weighted by molar-refractivity contribution is 0.135. The van der Waals surface area contributed by atoms with Crippen molar-refractivity contribution in [2.45, 2.75) is 18.1 Å². The van der Waals surface area contributed by atoms with E-state index in [4.69, 9.17) is 4.74 Å². The van der Waals surface area contributed by atoms with E-state index in [9.17, 15) is 12.3 Å². The van der Waals surface area contributed by atoms with Crippen molar-refractivity contribution >= 4 is 10.2 Å². The van der Waals surface area contributed by atoms with Gasteiger partial charge in [0.25, 0.3) is 0 Å². The first-order valence-corrected chi connectivity index (χ1v) is 6.13. The van der Waals surface area contributed by atoms with Crippen molar-refractivity contribution in [3.63, 3.8) is 0 Å². The quantitative estimate of drug-likeness (QED) is 0.650. The van der Waals surface area contributed by atoms with Crippen molar-refractivity contribution in [2.75, 3.05) is 33.4 Å². The molecule has 0 spiro atoms. The van der Waals surface area contributed by atoms with Gasteiger partial charge in [-0.25, -0.2) is 0 Å². The Morgan fingerprint density at radius 3 is 2.43 bits per heavy atom. The van der Waals surface area contributed by atoms with Gasteiger partial charge < -0.3 is 9.64 Å². The van der Waals surface area contributed by atoms with Crippen molar-refractivity contribution in [2.24, 2.45) is 0 Å². The van der Waals surface area contributed by atoms with E-state index in [1.165, 1.54) is 0 Å². The molecule has 1 rings (SSSR count). The smallest absolute Gasteiger partial charge is 0.305 e. The number of hydrogen-bond acceptors (Lipinski definition) is 4. The van der Waals surface area contributed by atoms with Crippen LogP contribution in [-0.2, 0) is 15.0 Å². The zero-order valence-electron chi connectivity index (χ0n) is 8.28. The van der Waals surface area contributed by atoms with Crippen LogP contribution in [0.5, 0.6) is 0 Å². The summed E-state index contributed by atoms with van der Waals surface area (Å²) in [5.74, 6) is 0. The van der Waals surface area contributed by atoms with E-state index in [0.29, 0.717) is 32.5 Å². The SMILES string of the molecule is COCCN1CCC(S(=O)(=O)F)CC1. The van der Waals surface area contributed by atoms with Crippen LogP contribution < -0.4 is 0 Å². The molecular formula is C8H16FNO3S. The fraction of sp³-hybridized carbons (Fsp3) is 1.00. The van der Waals surface area contributed by atoms with Crippen molar-refractivity contribution in [3.05, 3.63) is 0 Å². The van der Waals surface area contributed by atoms with Gasteiger partial charge in [0.1, 0.15) is 0 Å². The Kier molecular flexibility index (Phi) is 4.28. The van der Waals surface area contributed by atoms with Gasteiger partial charge in [-0.2, -0.15) is 8.42 Å². The molecular weight excluding hydrogens is 209 g/mol. The lowest BCUT2D eigenvalue weighted by atomic mass is 10.1. The average molecular weight is 225 g/mol. The molecule has 1 saturated heterocycles. The molecule has 1 aliphatic heterocycles. The van der Waals surface area contributed by atoms with Crippen LogP contribution in [0.25, 0.3) is 0 Å². The van der Waals surface area contributed by atoms with Gasteiger partial charge in [0.2, 0.25) is 0 Å². The van der Waals surface area contributed by atoms with Crippen LogP contribution in [0.4, 0.5) is 3.89 Å². The van der Waals surface area contributed by atoms with Crippen molar-refractivity contribution < 1.29 is 17.0 Å². The summed E-state index contributed by atoms with van der Waals surface area (Å²) in [6.45, 7) is 2.69. The molecule has 0 radical (unpaired) electrons. The number of methoxy groups -OCH3 is 1. The fourth-order valence-electron chi connectivity index (χ4n) is 1.63. The first-order chi connectivity index (χ1) is 6.54. The standard InChI is InChI=1S/C8H16FNO3S/c1-13-7-6-10-4-2-8(3-5-10)14(9,11)12/h8H,2-7H2,1H3. The molecule has 0 atom stereocenters. The summed E-state index contributed by atoms with van der Waals surface area (Å²) in [5.41, 5.74) is 0. The zero-order valence-corrected chi connectivity index (χ0v) is 9.09. The maximum Gasteiger partial charge on any atom is 0.305 e. The normalized spacial score (nSPS) is 21.3. The Labute approximate surface area is 84.2 Å². The molecule has 14 heavy (non-hydrogen) atoms. The minimum atomic E-state index is -4.33. The molecule has 0 aromatic carbocycles. The molecule has 0 aliphatic carbocycles. The predicted molar refractivity (Wildman–Crippen MR) is 51.4 cm³/mol. The third kappa shape index (κ3) is 3.51. The maximum absolute atomic E-state index is 12.6.